The van der Waals surface area contributed by atoms with Crippen LogP contribution in [0.1, 0.15) is 0 Å². The van der Waals surface area contributed by atoms with Crippen molar-refractivity contribution in [2.24, 2.45) is 0 Å². The van der Waals surface area contributed by atoms with Crippen molar-refractivity contribution in [3.8, 4) is 0 Å². The molecule has 0 aliphatic rings. The van der Waals surface area contributed by atoms with Gasteiger partial charge in [-0.2, -0.15) is 0 Å². The predicted molar refractivity (Wildman–Crippen MR) is 37.7 cm³/mol. The number of likely N-dealkylation sites (N-methyl/N-ethyl adjacent to an activating group) is 1. The summed E-state index contributed by atoms with van der Waals surface area (Å²) in [7, 11) is 5.74. The fourth-order valence-electron chi connectivity index (χ4n) is 0.468. The first-order valence-electron chi connectivity index (χ1n) is 2.93. The fourth-order valence-corrected chi connectivity index (χ4v) is 0.468. The summed E-state index contributed by atoms with van der Waals surface area (Å²) in [5, 5.41) is 12.6. The van der Waals surface area contributed by atoms with Crippen molar-refractivity contribution in [2.45, 2.75) is 6.10 Å². The Bertz CT molecular complexity index is 73.5. The van der Waals surface area contributed by atoms with Crippen LogP contribution >= 0.6 is 0 Å². The molecule has 9 heavy (non-hydrogen) atoms. The Balaban J connectivity index is 3.38. The monoisotopic (exact) mass is 131 g/mol. The van der Waals surface area contributed by atoms with Gasteiger partial charge in [0.1, 0.15) is 0 Å². The van der Waals surface area contributed by atoms with Gasteiger partial charge in [0.2, 0.25) is 0 Å². The maximum Gasteiger partial charge on any atom is 0.0682 e. The van der Waals surface area contributed by atoms with Gasteiger partial charge in [0.25, 0.3) is 0 Å². The summed E-state index contributed by atoms with van der Waals surface area (Å²) in [6.45, 7) is 4.02. The molecule has 0 aromatic carbocycles. The van der Waals surface area contributed by atoms with E-state index < -0.39 is 6.10 Å². The van der Waals surface area contributed by atoms with Gasteiger partial charge < -0.3 is 5.11 Å². The zero-order valence-corrected chi connectivity index (χ0v) is 6.33. The molecule has 0 bridgehead atoms. The van der Waals surface area contributed by atoms with Gasteiger partial charge in [-0.3, -0.25) is 0 Å². The largest absolute Gasteiger partial charge is 0.392 e. The van der Waals surface area contributed by atoms with Gasteiger partial charge in [0.15, 0.2) is 0 Å². The van der Waals surface area contributed by atoms with Crippen LogP contribution in [-0.2, 0) is 0 Å². The fraction of sp³-hybridized carbons (Fsp3) is 0.833. The van der Waals surface area contributed by atoms with Crippen molar-refractivity contribution >= 4 is 0 Å². The van der Waals surface area contributed by atoms with E-state index in [1.807, 2.05) is 31.2 Å². The molecule has 0 amide bonds. The molecule has 0 aliphatic heterocycles. The maximum atomic E-state index is 8.79. The van der Waals surface area contributed by atoms with E-state index in [1.165, 1.54) is 0 Å². The van der Waals surface area contributed by atoms with E-state index in [9.17, 15) is 0 Å². The van der Waals surface area contributed by atoms with E-state index in [1.54, 1.807) is 0 Å². The Morgan fingerprint density at radius 1 is 1.44 bits per heavy atom. The average Bonchev–Trinajstić information content (AvgIpc) is 1.63. The van der Waals surface area contributed by atoms with E-state index in [0.717, 1.165) is 0 Å². The van der Waals surface area contributed by atoms with Crippen molar-refractivity contribution < 1.29 is 5.11 Å². The zero-order chi connectivity index (χ0) is 7.44. The van der Waals surface area contributed by atoms with Crippen LogP contribution in [0.25, 0.3) is 0 Å². The second-order valence-electron chi connectivity index (χ2n) is 2.34. The van der Waals surface area contributed by atoms with Crippen molar-refractivity contribution in [1.82, 2.24) is 10.0 Å². The first-order chi connectivity index (χ1) is 4.04. The number of nitrogens with zero attached hydrogens (tertiary/aromatic N) is 2. The molecule has 0 aromatic heterocycles. The minimum absolute atomic E-state index is 0.502. The third-order valence-electron chi connectivity index (χ3n) is 1.16. The highest BCUT2D eigenvalue weighted by atomic mass is 16.3. The molecule has 0 saturated carbocycles. The van der Waals surface area contributed by atoms with Gasteiger partial charge in [0.05, 0.1) is 6.10 Å². The summed E-state index contributed by atoms with van der Waals surface area (Å²) in [5.74, 6) is 0. The summed E-state index contributed by atoms with van der Waals surface area (Å²) >= 11 is 0. The smallest absolute Gasteiger partial charge is 0.0682 e. The first-order valence-corrected chi connectivity index (χ1v) is 2.93. The third-order valence-corrected chi connectivity index (χ3v) is 1.16. The lowest BCUT2D eigenvalue weighted by Gasteiger charge is -2.24. The van der Waals surface area contributed by atoms with Gasteiger partial charge >= 0.3 is 0 Å². The summed E-state index contributed by atoms with van der Waals surface area (Å²) < 4.78 is 0. The molecule has 1 N–H and O–H groups in total. The summed E-state index contributed by atoms with van der Waals surface area (Å²) in [6.07, 6.45) is -0.502. The minimum atomic E-state index is -0.502. The van der Waals surface area contributed by atoms with E-state index in [0.29, 0.717) is 6.54 Å². The van der Waals surface area contributed by atoms with E-state index in [2.05, 4.69) is 6.92 Å². The maximum absolute atomic E-state index is 8.79. The summed E-state index contributed by atoms with van der Waals surface area (Å²) in [4.78, 5) is 0. The molecule has 55 valence electrons. The van der Waals surface area contributed by atoms with Crippen LogP contribution < -0.4 is 0 Å². The van der Waals surface area contributed by atoms with Gasteiger partial charge in [-0.05, 0) is 6.92 Å². The van der Waals surface area contributed by atoms with Gasteiger partial charge in [-0.15, -0.1) is 0 Å². The molecule has 0 saturated heterocycles. The summed E-state index contributed by atoms with van der Waals surface area (Å²) in [5.41, 5.74) is 0. The molecule has 0 spiro atoms. The molecule has 0 rings (SSSR count). The Hall–Kier alpha value is -0.120. The highest BCUT2D eigenvalue weighted by Gasteiger charge is 2.02. The van der Waals surface area contributed by atoms with Crippen LogP contribution in [-0.4, -0.2) is 48.9 Å². The lowest BCUT2D eigenvalue weighted by atomic mass is 10.4. The average molecular weight is 131 g/mol. The highest BCUT2D eigenvalue weighted by molar-refractivity contribution is 4.58. The molecule has 0 heterocycles. The number of hydrogen-bond acceptors (Lipinski definition) is 3. The van der Waals surface area contributed by atoms with Crippen LogP contribution in [0, 0.1) is 6.92 Å². The second-order valence-corrected chi connectivity index (χ2v) is 2.34. The van der Waals surface area contributed by atoms with Crippen molar-refractivity contribution in [3.05, 3.63) is 6.92 Å². The van der Waals surface area contributed by atoms with Crippen LogP contribution in [0.3, 0.4) is 0 Å². The zero-order valence-electron chi connectivity index (χ0n) is 6.33. The number of hydrogen-bond donors (Lipinski definition) is 1. The Morgan fingerprint density at radius 3 is 2.00 bits per heavy atom. The molecule has 0 aromatic rings. The van der Waals surface area contributed by atoms with Crippen molar-refractivity contribution in [3.63, 3.8) is 0 Å². The number of aliphatic hydroxyl groups is 1. The van der Waals surface area contributed by atoms with Crippen molar-refractivity contribution in [1.29, 1.82) is 0 Å². The predicted octanol–water partition coefficient (Wildman–Crippen LogP) is -0.410. The van der Waals surface area contributed by atoms with Crippen LogP contribution in [0.5, 0.6) is 0 Å². The minimum Gasteiger partial charge on any atom is -0.392 e. The normalized spacial score (nSPS) is 15.0. The quantitative estimate of drug-likeness (QED) is 0.527. The SMILES string of the molecule is [CH2]C(O)CN(C)N(C)C. The van der Waals surface area contributed by atoms with Gasteiger partial charge in [0, 0.05) is 27.7 Å². The molecule has 1 unspecified atom stereocenters. The molecule has 0 aliphatic carbocycles. The van der Waals surface area contributed by atoms with E-state index in [-0.39, 0.29) is 0 Å². The van der Waals surface area contributed by atoms with Crippen LogP contribution in [0.15, 0.2) is 0 Å². The Labute approximate surface area is 56.8 Å². The lowest BCUT2D eigenvalue weighted by Crippen LogP contribution is -2.37. The Kier molecular flexibility index (Phi) is 3.77. The third kappa shape index (κ3) is 4.39. The molecule has 1 atom stereocenters. The molecule has 0 fully saturated rings. The van der Waals surface area contributed by atoms with Crippen molar-refractivity contribution in [2.75, 3.05) is 27.7 Å². The molecular formula is C6H15N2O. The Morgan fingerprint density at radius 2 is 1.89 bits per heavy atom. The lowest BCUT2D eigenvalue weighted by molar-refractivity contribution is 0.0204. The number of rotatable bonds is 3. The standard InChI is InChI=1S/C6H15N2O/c1-6(9)5-8(4)7(2)3/h6,9H,1,5H2,2-4H3. The highest BCUT2D eigenvalue weighted by Crippen LogP contribution is 1.87. The topological polar surface area (TPSA) is 26.7 Å². The van der Waals surface area contributed by atoms with Gasteiger partial charge in [-0.25, -0.2) is 10.0 Å². The first kappa shape index (κ1) is 8.88. The number of aliphatic hydroxyl groups excluding tert-OH is 1. The molecule has 1 radical (unpaired) electrons. The van der Waals surface area contributed by atoms with Crippen LogP contribution in [0.4, 0.5) is 0 Å². The molecular weight excluding hydrogens is 116 g/mol. The van der Waals surface area contributed by atoms with Crippen LogP contribution in [0.2, 0.25) is 0 Å². The van der Waals surface area contributed by atoms with Gasteiger partial charge in [-0.1, -0.05) is 0 Å². The summed E-state index contributed by atoms with van der Waals surface area (Å²) in [6, 6.07) is 0. The van der Waals surface area contributed by atoms with E-state index >= 15 is 0 Å². The number of hydrazine groups is 1. The second kappa shape index (κ2) is 3.82. The molecule has 3 nitrogen and oxygen atoms in total. The van der Waals surface area contributed by atoms with E-state index in [4.69, 9.17) is 5.11 Å². The molecule has 3 heteroatoms.